The second-order valence-electron chi connectivity index (χ2n) is 8.16. The topological polar surface area (TPSA) is 18.5 Å². The van der Waals surface area contributed by atoms with Gasteiger partial charge in [-0.1, -0.05) is 73.8 Å². The first kappa shape index (κ1) is 20.9. The smallest absolute Gasteiger partial charge is 0.200 e. The van der Waals surface area contributed by atoms with Crippen LogP contribution in [-0.4, -0.2) is 27.1 Å². The van der Waals surface area contributed by atoms with Gasteiger partial charge in [0.05, 0.1) is 12.2 Å². The van der Waals surface area contributed by atoms with E-state index in [1.165, 1.54) is 25.7 Å². The number of unbranched alkanes of at least 4 members (excludes halogenated alkanes) is 2. The maximum absolute atomic E-state index is 6.80. The van der Waals surface area contributed by atoms with E-state index in [1.807, 2.05) is 6.08 Å². The van der Waals surface area contributed by atoms with E-state index in [2.05, 4.69) is 55.0 Å². The van der Waals surface area contributed by atoms with Crippen LogP contribution in [-0.2, 0) is 9.16 Å². The monoisotopic (exact) mass is 340 g/mol. The summed E-state index contributed by atoms with van der Waals surface area (Å²) in [4.78, 5) is 0. The van der Waals surface area contributed by atoms with Crippen LogP contribution >= 0.6 is 0 Å². The highest BCUT2D eigenvalue weighted by Gasteiger charge is 2.48. The van der Waals surface area contributed by atoms with Crippen LogP contribution in [0.1, 0.15) is 74.1 Å². The van der Waals surface area contributed by atoms with E-state index in [9.17, 15) is 0 Å². The van der Waals surface area contributed by atoms with Gasteiger partial charge in [-0.2, -0.15) is 0 Å². The third-order valence-corrected chi connectivity index (χ3v) is 11.9. The molecule has 0 bridgehead atoms. The molecule has 1 fully saturated rings. The molecule has 0 aromatic heterocycles. The molecule has 0 N–H and O–H groups in total. The van der Waals surface area contributed by atoms with Gasteiger partial charge in [0.25, 0.3) is 0 Å². The minimum Gasteiger partial charge on any atom is -0.416 e. The molecule has 23 heavy (non-hydrogen) atoms. The van der Waals surface area contributed by atoms with Crippen LogP contribution in [0.15, 0.2) is 12.7 Å². The molecule has 0 saturated carbocycles. The fraction of sp³-hybridized carbons (Fsp3) is 0.900. The second-order valence-corrected chi connectivity index (χ2v) is 13.6. The highest BCUT2D eigenvalue weighted by Crippen LogP contribution is 2.44. The lowest BCUT2D eigenvalue weighted by Gasteiger charge is -2.48. The fourth-order valence-electron chi connectivity index (χ4n) is 4.58. The molecule has 0 unspecified atom stereocenters. The zero-order chi connectivity index (χ0) is 17.6. The van der Waals surface area contributed by atoms with Gasteiger partial charge in [0.15, 0.2) is 8.32 Å². The fourth-order valence-corrected chi connectivity index (χ4v) is 10.1. The van der Waals surface area contributed by atoms with E-state index in [0.717, 1.165) is 6.61 Å². The molecule has 0 radical (unpaired) electrons. The first-order valence-electron chi connectivity index (χ1n) is 9.73. The maximum atomic E-state index is 6.80. The number of hydrogen-bond donors (Lipinski definition) is 0. The molecule has 3 heteroatoms. The number of ether oxygens (including phenoxy) is 1. The van der Waals surface area contributed by atoms with Gasteiger partial charge in [-0.3, -0.25) is 0 Å². The Labute approximate surface area is 146 Å². The van der Waals surface area contributed by atoms with Gasteiger partial charge < -0.3 is 9.16 Å². The van der Waals surface area contributed by atoms with Crippen LogP contribution in [0.3, 0.4) is 0 Å². The van der Waals surface area contributed by atoms with Crippen LogP contribution in [0, 0.1) is 5.92 Å². The minimum atomic E-state index is -1.77. The Morgan fingerprint density at radius 1 is 1.04 bits per heavy atom. The van der Waals surface area contributed by atoms with Crippen molar-refractivity contribution in [3.05, 3.63) is 12.7 Å². The van der Waals surface area contributed by atoms with Crippen molar-refractivity contribution in [1.29, 1.82) is 0 Å². The summed E-state index contributed by atoms with van der Waals surface area (Å²) >= 11 is 0. The Bertz CT molecular complexity index is 330. The molecular formula is C20H40O2Si. The van der Waals surface area contributed by atoms with Crippen LogP contribution in [0.5, 0.6) is 0 Å². The van der Waals surface area contributed by atoms with Crippen molar-refractivity contribution in [3.8, 4) is 0 Å². The largest absolute Gasteiger partial charge is 0.416 e. The van der Waals surface area contributed by atoms with Gasteiger partial charge in [0.1, 0.15) is 0 Å². The molecule has 0 aromatic carbocycles. The van der Waals surface area contributed by atoms with Crippen molar-refractivity contribution in [3.63, 3.8) is 0 Å². The molecule has 1 saturated heterocycles. The van der Waals surface area contributed by atoms with Crippen molar-refractivity contribution in [2.75, 3.05) is 6.61 Å². The summed E-state index contributed by atoms with van der Waals surface area (Å²) in [5, 5.41) is 0. The Morgan fingerprint density at radius 3 is 2.04 bits per heavy atom. The van der Waals surface area contributed by atoms with Crippen molar-refractivity contribution in [2.45, 2.75) is 103 Å². The second kappa shape index (κ2) is 9.38. The van der Waals surface area contributed by atoms with Crippen LogP contribution in [0.2, 0.25) is 16.6 Å². The van der Waals surface area contributed by atoms with Crippen LogP contribution < -0.4 is 0 Å². The normalized spacial score (nSPS) is 25.2. The third-order valence-electron chi connectivity index (χ3n) is 5.79. The van der Waals surface area contributed by atoms with Gasteiger partial charge in [0, 0.05) is 12.5 Å². The average molecular weight is 341 g/mol. The predicted molar refractivity (Wildman–Crippen MR) is 103 cm³/mol. The van der Waals surface area contributed by atoms with Gasteiger partial charge in [-0.25, -0.2) is 0 Å². The molecule has 0 aliphatic carbocycles. The van der Waals surface area contributed by atoms with Crippen LogP contribution in [0.25, 0.3) is 0 Å². The molecular weight excluding hydrogens is 300 g/mol. The molecule has 0 aromatic rings. The predicted octanol–water partition coefficient (Wildman–Crippen LogP) is 6.33. The Hall–Kier alpha value is -0.123. The van der Waals surface area contributed by atoms with Gasteiger partial charge in [-0.15, -0.1) is 6.58 Å². The van der Waals surface area contributed by atoms with E-state index in [4.69, 9.17) is 9.16 Å². The first-order chi connectivity index (χ1) is 10.8. The standard InChI is InChI=1S/C20H40O2Si/c1-9-11-12-13-20-18(19(10-2)22-20)14-21-23(15(3)4,16(5)6)17(7)8/h10,15-20H,2,9,11-14H2,1,3-8H3/t18-,19-,20+/m1/s1. The summed E-state index contributed by atoms with van der Waals surface area (Å²) in [6.07, 6.45) is 7.54. The highest BCUT2D eigenvalue weighted by atomic mass is 28.4. The van der Waals surface area contributed by atoms with Gasteiger partial charge in [-0.05, 0) is 23.0 Å². The average Bonchev–Trinajstić information content (AvgIpc) is 2.45. The zero-order valence-electron chi connectivity index (χ0n) is 16.6. The quantitative estimate of drug-likeness (QED) is 0.248. The van der Waals surface area contributed by atoms with Crippen molar-refractivity contribution < 1.29 is 9.16 Å². The summed E-state index contributed by atoms with van der Waals surface area (Å²) in [6, 6.07) is 0. The van der Waals surface area contributed by atoms with E-state index in [1.54, 1.807) is 0 Å². The first-order valence-corrected chi connectivity index (χ1v) is 11.9. The summed E-state index contributed by atoms with van der Waals surface area (Å²) in [5.74, 6) is 0.507. The molecule has 1 aliphatic heterocycles. The maximum Gasteiger partial charge on any atom is 0.200 e. The molecule has 3 atom stereocenters. The molecule has 2 nitrogen and oxygen atoms in total. The van der Waals surface area contributed by atoms with E-state index in [0.29, 0.717) is 28.6 Å². The Kier molecular flexibility index (Phi) is 8.54. The summed E-state index contributed by atoms with van der Waals surface area (Å²) in [7, 11) is -1.77. The number of rotatable bonds is 11. The van der Waals surface area contributed by atoms with E-state index < -0.39 is 8.32 Å². The Morgan fingerprint density at radius 2 is 1.61 bits per heavy atom. The van der Waals surface area contributed by atoms with E-state index in [-0.39, 0.29) is 6.10 Å². The lowest BCUT2D eigenvalue weighted by Crippen LogP contribution is -2.54. The van der Waals surface area contributed by atoms with Crippen molar-refractivity contribution in [2.24, 2.45) is 5.92 Å². The molecule has 0 amide bonds. The Balaban J connectivity index is 2.71. The SMILES string of the molecule is C=C[C@H]1O[C@@H](CCCCC)[C@@H]1CO[Si](C(C)C)(C(C)C)C(C)C. The molecule has 1 aliphatic rings. The van der Waals surface area contributed by atoms with Crippen molar-refractivity contribution in [1.82, 2.24) is 0 Å². The highest BCUT2D eigenvalue weighted by molar-refractivity contribution is 6.77. The number of hydrogen-bond acceptors (Lipinski definition) is 2. The molecule has 136 valence electrons. The van der Waals surface area contributed by atoms with Crippen molar-refractivity contribution >= 4 is 8.32 Å². The lowest BCUT2D eigenvalue weighted by atomic mass is 9.87. The summed E-state index contributed by atoms with van der Waals surface area (Å²) in [6.45, 7) is 21.2. The molecule has 1 rings (SSSR count). The lowest BCUT2D eigenvalue weighted by molar-refractivity contribution is -0.174. The summed E-state index contributed by atoms with van der Waals surface area (Å²) in [5.41, 5.74) is 1.93. The van der Waals surface area contributed by atoms with Gasteiger partial charge >= 0.3 is 0 Å². The molecule has 0 spiro atoms. The summed E-state index contributed by atoms with van der Waals surface area (Å²) < 4.78 is 12.8. The van der Waals surface area contributed by atoms with Crippen LogP contribution in [0.4, 0.5) is 0 Å². The molecule has 1 heterocycles. The minimum absolute atomic E-state index is 0.194. The zero-order valence-corrected chi connectivity index (χ0v) is 17.6. The van der Waals surface area contributed by atoms with Gasteiger partial charge in [0.2, 0.25) is 0 Å². The third kappa shape index (κ3) is 4.70. The van der Waals surface area contributed by atoms with E-state index >= 15 is 0 Å².